The topological polar surface area (TPSA) is 64.9 Å². The summed E-state index contributed by atoms with van der Waals surface area (Å²) in [5.74, 6) is -0.435. The molecule has 0 saturated heterocycles. The van der Waals surface area contributed by atoms with Crippen LogP contribution in [0.4, 0.5) is 11.4 Å². The number of carboxylic acids is 1. The summed E-state index contributed by atoms with van der Waals surface area (Å²) in [6.07, 6.45) is 2.96. The molecule has 2 N–H and O–H groups in total. The minimum absolute atomic E-state index is 0.160. The number of anilines is 2. The van der Waals surface area contributed by atoms with E-state index in [9.17, 15) is 4.79 Å². The zero-order valence-corrected chi connectivity index (χ0v) is 17.3. The van der Waals surface area contributed by atoms with Crippen LogP contribution in [0.2, 0.25) is 0 Å². The second-order valence-electron chi connectivity index (χ2n) is 8.18. The van der Waals surface area contributed by atoms with Gasteiger partial charge < -0.3 is 10.0 Å². The quantitative estimate of drug-likeness (QED) is 0.550. The SMILES string of the molecule is CCN1c2cc(C)c(/C=N/Nc3ccc(C(=O)O)cc3)cc2[C@H](C)CC1(C)C. The number of carboxylic acid groups (broad SMARTS) is 1. The molecule has 0 aromatic heterocycles. The van der Waals surface area contributed by atoms with Crippen LogP contribution in [0.5, 0.6) is 0 Å². The van der Waals surface area contributed by atoms with Gasteiger partial charge in [0.15, 0.2) is 0 Å². The van der Waals surface area contributed by atoms with Crippen LogP contribution in [0.25, 0.3) is 0 Å². The molecule has 1 atom stereocenters. The Balaban J connectivity index is 1.83. The van der Waals surface area contributed by atoms with Crippen LogP contribution in [0, 0.1) is 6.92 Å². The van der Waals surface area contributed by atoms with Gasteiger partial charge in [-0.1, -0.05) is 6.92 Å². The van der Waals surface area contributed by atoms with E-state index in [1.54, 1.807) is 24.3 Å². The lowest BCUT2D eigenvalue weighted by Gasteiger charge is -2.47. The number of nitrogens with one attached hydrogen (secondary N) is 1. The molecule has 0 saturated carbocycles. The lowest BCUT2D eigenvalue weighted by molar-refractivity contribution is 0.0697. The fourth-order valence-electron chi connectivity index (χ4n) is 4.25. The van der Waals surface area contributed by atoms with E-state index in [2.05, 4.69) is 62.2 Å². The summed E-state index contributed by atoms with van der Waals surface area (Å²) in [6.45, 7) is 12.3. The summed E-state index contributed by atoms with van der Waals surface area (Å²) in [5.41, 5.74) is 9.14. The number of carbonyl (C=O) groups is 1. The van der Waals surface area contributed by atoms with Crippen LogP contribution in [-0.2, 0) is 0 Å². The maximum Gasteiger partial charge on any atom is 0.335 e. The van der Waals surface area contributed by atoms with Crippen LogP contribution in [0.3, 0.4) is 0 Å². The lowest BCUT2D eigenvalue weighted by atomic mass is 9.79. The minimum Gasteiger partial charge on any atom is -0.478 e. The molecule has 5 heteroatoms. The number of nitrogens with zero attached hydrogens (tertiary/aromatic N) is 2. The van der Waals surface area contributed by atoms with Gasteiger partial charge in [-0.25, -0.2) is 4.79 Å². The number of aryl methyl sites for hydroxylation is 1. The second-order valence-corrected chi connectivity index (χ2v) is 8.18. The van der Waals surface area contributed by atoms with Crippen molar-refractivity contribution in [1.29, 1.82) is 0 Å². The van der Waals surface area contributed by atoms with Gasteiger partial charge in [-0.05, 0) is 93.1 Å². The third-order valence-corrected chi connectivity index (χ3v) is 5.62. The van der Waals surface area contributed by atoms with Gasteiger partial charge in [0.25, 0.3) is 0 Å². The zero-order chi connectivity index (χ0) is 20.5. The average Bonchev–Trinajstić information content (AvgIpc) is 2.62. The van der Waals surface area contributed by atoms with Crippen LogP contribution < -0.4 is 10.3 Å². The van der Waals surface area contributed by atoms with Crippen molar-refractivity contribution in [3.63, 3.8) is 0 Å². The van der Waals surface area contributed by atoms with Crippen LogP contribution in [-0.4, -0.2) is 29.4 Å². The molecule has 28 heavy (non-hydrogen) atoms. The van der Waals surface area contributed by atoms with Crippen molar-refractivity contribution >= 4 is 23.6 Å². The first kappa shape index (κ1) is 19.9. The third kappa shape index (κ3) is 3.88. The molecular formula is C23H29N3O2. The number of hydrogen-bond donors (Lipinski definition) is 2. The van der Waals surface area contributed by atoms with Crippen molar-refractivity contribution in [3.05, 3.63) is 58.7 Å². The van der Waals surface area contributed by atoms with E-state index in [1.807, 2.05) is 6.21 Å². The molecule has 0 bridgehead atoms. The highest BCUT2D eigenvalue weighted by Gasteiger charge is 2.35. The highest BCUT2D eigenvalue weighted by Crippen LogP contribution is 2.43. The molecule has 0 aliphatic carbocycles. The second kappa shape index (κ2) is 7.66. The van der Waals surface area contributed by atoms with E-state index in [1.165, 1.54) is 16.8 Å². The van der Waals surface area contributed by atoms with E-state index >= 15 is 0 Å². The normalized spacial score (nSPS) is 18.2. The molecule has 2 aromatic carbocycles. The smallest absolute Gasteiger partial charge is 0.335 e. The summed E-state index contributed by atoms with van der Waals surface area (Å²) < 4.78 is 0. The van der Waals surface area contributed by atoms with Crippen molar-refractivity contribution in [1.82, 2.24) is 0 Å². The fraction of sp³-hybridized carbons (Fsp3) is 0.391. The lowest BCUT2D eigenvalue weighted by Crippen LogP contribution is -2.48. The summed E-state index contributed by atoms with van der Waals surface area (Å²) in [5, 5.41) is 13.3. The number of benzene rings is 2. The molecular weight excluding hydrogens is 350 g/mol. The van der Waals surface area contributed by atoms with Gasteiger partial charge in [-0.15, -0.1) is 0 Å². The van der Waals surface area contributed by atoms with Gasteiger partial charge in [-0.2, -0.15) is 5.10 Å². The summed E-state index contributed by atoms with van der Waals surface area (Å²) in [7, 11) is 0. The number of rotatable bonds is 5. The van der Waals surface area contributed by atoms with Gasteiger partial charge in [0, 0.05) is 17.8 Å². The summed E-state index contributed by atoms with van der Waals surface area (Å²) in [6, 6.07) is 11.1. The maximum atomic E-state index is 10.9. The van der Waals surface area contributed by atoms with E-state index < -0.39 is 5.97 Å². The van der Waals surface area contributed by atoms with Gasteiger partial charge in [0.05, 0.1) is 17.5 Å². The van der Waals surface area contributed by atoms with Crippen molar-refractivity contribution in [3.8, 4) is 0 Å². The Bertz CT molecular complexity index is 901. The van der Waals surface area contributed by atoms with E-state index in [0.29, 0.717) is 5.92 Å². The summed E-state index contributed by atoms with van der Waals surface area (Å²) >= 11 is 0. The minimum atomic E-state index is -0.932. The fourth-order valence-corrected chi connectivity index (χ4v) is 4.25. The van der Waals surface area contributed by atoms with E-state index in [0.717, 1.165) is 24.2 Å². The van der Waals surface area contributed by atoms with E-state index in [4.69, 9.17) is 5.11 Å². The molecule has 148 valence electrons. The molecule has 0 radical (unpaired) electrons. The standard InChI is InChI=1S/C23H29N3O2/c1-6-26-21-11-15(2)18(12-20(21)16(3)13-23(26,4)5)14-24-25-19-9-7-17(8-10-19)22(27)28/h7-12,14,16,25H,6,13H2,1-5H3,(H,27,28)/b24-14+/t16-/m1/s1. The van der Waals surface area contributed by atoms with Gasteiger partial charge in [0.2, 0.25) is 0 Å². The first-order valence-corrected chi connectivity index (χ1v) is 9.77. The van der Waals surface area contributed by atoms with Crippen molar-refractivity contribution < 1.29 is 9.90 Å². The first-order chi connectivity index (χ1) is 13.2. The van der Waals surface area contributed by atoms with Gasteiger partial charge >= 0.3 is 5.97 Å². The molecule has 0 fully saturated rings. The molecule has 2 aromatic rings. The molecule has 3 rings (SSSR count). The number of fused-ring (bicyclic) bond motifs is 1. The molecule has 1 aliphatic heterocycles. The molecule has 0 unspecified atom stereocenters. The van der Waals surface area contributed by atoms with Crippen LogP contribution in [0.15, 0.2) is 41.5 Å². The van der Waals surface area contributed by atoms with Crippen molar-refractivity contribution in [2.45, 2.75) is 52.5 Å². The molecule has 0 amide bonds. The number of aromatic carboxylic acids is 1. The maximum absolute atomic E-state index is 10.9. The Morgan fingerprint density at radius 1 is 1.32 bits per heavy atom. The number of hydrazone groups is 1. The molecule has 5 nitrogen and oxygen atoms in total. The Labute approximate surface area is 167 Å². The van der Waals surface area contributed by atoms with Gasteiger partial charge in [-0.3, -0.25) is 5.43 Å². The largest absolute Gasteiger partial charge is 0.478 e. The highest BCUT2D eigenvalue weighted by atomic mass is 16.4. The third-order valence-electron chi connectivity index (χ3n) is 5.62. The summed E-state index contributed by atoms with van der Waals surface area (Å²) in [4.78, 5) is 13.4. The zero-order valence-electron chi connectivity index (χ0n) is 17.3. The van der Waals surface area contributed by atoms with Gasteiger partial charge in [0.1, 0.15) is 0 Å². The Morgan fingerprint density at radius 2 is 2.00 bits per heavy atom. The molecule has 1 aliphatic rings. The van der Waals surface area contributed by atoms with Crippen LogP contribution in [0.1, 0.15) is 67.1 Å². The Hall–Kier alpha value is -2.82. The predicted octanol–water partition coefficient (Wildman–Crippen LogP) is 5.25. The monoisotopic (exact) mass is 379 g/mol. The Kier molecular flexibility index (Phi) is 5.45. The molecule has 1 heterocycles. The number of hydrogen-bond acceptors (Lipinski definition) is 4. The molecule has 0 spiro atoms. The Morgan fingerprint density at radius 3 is 2.61 bits per heavy atom. The van der Waals surface area contributed by atoms with Crippen molar-refractivity contribution in [2.24, 2.45) is 5.10 Å². The van der Waals surface area contributed by atoms with Crippen LogP contribution >= 0.6 is 0 Å². The predicted molar refractivity (Wildman–Crippen MR) is 116 cm³/mol. The average molecular weight is 380 g/mol. The van der Waals surface area contributed by atoms with E-state index in [-0.39, 0.29) is 11.1 Å². The first-order valence-electron chi connectivity index (χ1n) is 9.77. The highest BCUT2D eigenvalue weighted by molar-refractivity contribution is 5.88. The van der Waals surface area contributed by atoms with Crippen molar-refractivity contribution in [2.75, 3.05) is 16.9 Å².